The SMILES string of the molecule is COc1cccc(CCCN2CCN(C(=O)c3ccc(=O)[nH]c3)CC2)c1. The standard InChI is InChI=1S/C20H25N3O3/c1-26-18-6-2-4-16(14-18)5-3-9-22-10-12-23(13-11-22)20(25)17-7-8-19(24)21-15-17/h2,4,6-8,14-15H,3,5,9-13H2,1H3,(H,21,24). The molecule has 0 spiro atoms. The first-order valence-corrected chi connectivity index (χ1v) is 8.99. The van der Waals surface area contributed by atoms with Crippen molar-refractivity contribution in [2.24, 2.45) is 0 Å². The number of hydrogen-bond acceptors (Lipinski definition) is 4. The van der Waals surface area contributed by atoms with Gasteiger partial charge in [0.05, 0.1) is 12.7 Å². The molecule has 1 N–H and O–H groups in total. The number of carbonyl (C=O) groups excluding carboxylic acids is 1. The van der Waals surface area contributed by atoms with Gasteiger partial charge in [-0.3, -0.25) is 14.5 Å². The molecule has 0 bridgehead atoms. The minimum Gasteiger partial charge on any atom is -0.497 e. The highest BCUT2D eigenvalue weighted by Crippen LogP contribution is 2.14. The number of pyridine rings is 1. The van der Waals surface area contributed by atoms with Gasteiger partial charge in [0.15, 0.2) is 0 Å². The number of hydrogen-bond donors (Lipinski definition) is 1. The molecule has 0 unspecified atom stereocenters. The average molecular weight is 355 g/mol. The number of nitrogens with one attached hydrogen (secondary N) is 1. The maximum atomic E-state index is 12.5. The number of aromatic amines is 1. The van der Waals surface area contributed by atoms with Crippen LogP contribution in [-0.2, 0) is 6.42 Å². The van der Waals surface area contributed by atoms with E-state index < -0.39 is 0 Å². The van der Waals surface area contributed by atoms with E-state index in [1.165, 1.54) is 17.8 Å². The fraction of sp³-hybridized carbons (Fsp3) is 0.400. The molecule has 1 aliphatic heterocycles. The van der Waals surface area contributed by atoms with Crippen LogP contribution in [0.1, 0.15) is 22.3 Å². The van der Waals surface area contributed by atoms with Gasteiger partial charge in [0.25, 0.3) is 5.91 Å². The Bertz CT molecular complexity index is 774. The number of methoxy groups -OCH3 is 1. The summed E-state index contributed by atoms with van der Waals surface area (Å²) >= 11 is 0. The fourth-order valence-corrected chi connectivity index (χ4v) is 3.24. The first kappa shape index (κ1) is 18.2. The van der Waals surface area contributed by atoms with E-state index in [1.54, 1.807) is 13.2 Å². The molecule has 2 aromatic rings. The van der Waals surface area contributed by atoms with Crippen molar-refractivity contribution >= 4 is 5.91 Å². The van der Waals surface area contributed by atoms with Crippen LogP contribution in [-0.4, -0.2) is 60.5 Å². The van der Waals surface area contributed by atoms with Crippen molar-refractivity contribution in [3.05, 3.63) is 64.1 Å². The molecule has 0 radical (unpaired) electrons. The van der Waals surface area contributed by atoms with Crippen LogP contribution in [0.5, 0.6) is 5.75 Å². The number of aryl methyl sites for hydroxylation is 1. The lowest BCUT2D eigenvalue weighted by Gasteiger charge is -2.34. The second-order valence-electron chi connectivity index (χ2n) is 6.53. The third kappa shape index (κ3) is 4.73. The number of piperazine rings is 1. The fourth-order valence-electron chi connectivity index (χ4n) is 3.24. The maximum Gasteiger partial charge on any atom is 0.255 e. The number of rotatable bonds is 6. The van der Waals surface area contributed by atoms with E-state index in [0.29, 0.717) is 5.56 Å². The molecule has 3 rings (SSSR count). The first-order valence-electron chi connectivity index (χ1n) is 8.99. The van der Waals surface area contributed by atoms with Crippen molar-refractivity contribution in [1.82, 2.24) is 14.8 Å². The average Bonchev–Trinajstić information content (AvgIpc) is 2.69. The Morgan fingerprint density at radius 3 is 2.65 bits per heavy atom. The lowest BCUT2D eigenvalue weighted by atomic mass is 10.1. The number of nitrogens with zero attached hydrogens (tertiary/aromatic N) is 2. The van der Waals surface area contributed by atoms with E-state index in [2.05, 4.69) is 22.0 Å². The van der Waals surface area contributed by atoms with Crippen molar-refractivity contribution < 1.29 is 9.53 Å². The molecule has 1 aliphatic rings. The molecule has 1 fully saturated rings. The molecule has 1 saturated heterocycles. The number of ether oxygens (including phenoxy) is 1. The predicted molar refractivity (Wildman–Crippen MR) is 101 cm³/mol. The van der Waals surface area contributed by atoms with Gasteiger partial charge in [-0.15, -0.1) is 0 Å². The summed E-state index contributed by atoms with van der Waals surface area (Å²) < 4.78 is 5.26. The molecule has 2 heterocycles. The Labute approximate surface area is 153 Å². The molecule has 1 aromatic carbocycles. The predicted octanol–water partition coefficient (Wildman–Crippen LogP) is 1.77. The summed E-state index contributed by atoms with van der Waals surface area (Å²) in [4.78, 5) is 30.4. The summed E-state index contributed by atoms with van der Waals surface area (Å²) in [7, 11) is 1.69. The molecule has 6 heteroatoms. The summed E-state index contributed by atoms with van der Waals surface area (Å²) in [5.74, 6) is 0.883. The van der Waals surface area contributed by atoms with Gasteiger partial charge < -0.3 is 14.6 Å². The maximum absolute atomic E-state index is 12.5. The van der Waals surface area contributed by atoms with E-state index in [9.17, 15) is 9.59 Å². The molecule has 26 heavy (non-hydrogen) atoms. The van der Waals surface area contributed by atoms with Crippen LogP contribution in [0.3, 0.4) is 0 Å². The molecule has 1 amide bonds. The Morgan fingerprint density at radius 2 is 1.96 bits per heavy atom. The molecule has 138 valence electrons. The van der Waals surface area contributed by atoms with Gasteiger partial charge in [-0.2, -0.15) is 0 Å². The monoisotopic (exact) mass is 355 g/mol. The van der Waals surface area contributed by atoms with E-state index in [0.717, 1.165) is 51.3 Å². The van der Waals surface area contributed by atoms with Crippen molar-refractivity contribution in [2.45, 2.75) is 12.8 Å². The third-order valence-electron chi connectivity index (χ3n) is 4.76. The Kier molecular flexibility index (Phi) is 6.07. The van der Waals surface area contributed by atoms with E-state index in [-0.39, 0.29) is 11.5 Å². The van der Waals surface area contributed by atoms with Crippen LogP contribution in [0.15, 0.2) is 47.4 Å². The highest BCUT2D eigenvalue weighted by atomic mass is 16.5. The van der Waals surface area contributed by atoms with Gasteiger partial charge in [-0.1, -0.05) is 12.1 Å². The molecule has 0 saturated carbocycles. The summed E-state index contributed by atoms with van der Waals surface area (Å²) in [5, 5.41) is 0. The van der Waals surface area contributed by atoms with Crippen LogP contribution >= 0.6 is 0 Å². The minimum absolute atomic E-state index is 0.0164. The van der Waals surface area contributed by atoms with Crippen molar-refractivity contribution in [3.63, 3.8) is 0 Å². The second kappa shape index (κ2) is 8.67. The van der Waals surface area contributed by atoms with Crippen LogP contribution in [0.25, 0.3) is 0 Å². The Hall–Kier alpha value is -2.60. The van der Waals surface area contributed by atoms with Crippen LogP contribution in [0, 0.1) is 0 Å². The second-order valence-corrected chi connectivity index (χ2v) is 6.53. The highest BCUT2D eigenvalue weighted by Gasteiger charge is 2.21. The lowest BCUT2D eigenvalue weighted by Crippen LogP contribution is -2.48. The number of aromatic nitrogens is 1. The van der Waals surface area contributed by atoms with E-state index in [1.807, 2.05) is 17.0 Å². The minimum atomic E-state index is -0.192. The van der Waals surface area contributed by atoms with Gasteiger partial charge in [0, 0.05) is 38.4 Å². The lowest BCUT2D eigenvalue weighted by molar-refractivity contribution is 0.0635. The first-order chi connectivity index (χ1) is 12.7. The summed E-state index contributed by atoms with van der Waals surface area (Å²) in [6.45, 7) is 4.23. The Balaban J connectivity index is 1.42. The van der Waals surface area contributed by atoms with Gasteiger partial charge >= 0.3 is 0 Å². The van der Waals surface area contributed by atoms with E-state index >= 15 is 0 Å². The molecule has 6 nitrogen and oxygen atoms in total. The molecule has 1 aromatic heterocycles. The number of H-pyrrole nitrogens is 1. The van der Waals surface area contributed by atoms with E-state index in [4.69, 9.17) is 4.74 Å². The van der Waals surface area contributed by atoms with Crippen molar-refractivity contribution in [3.8, 4) is 5.75 Å². The summed E-state index contributed by atoms with van der Waals surface area (Å²) in [6.07, 6.45) is 3.60. The van der Waals surface area contributed by atoms with Crippen LogP contribution < -0.4 is 10.3 Å². The molecular formula is C20H25N3O3. The third-order valence-corrected chi connectivity index (χ3v) is 4.76. The number of carbonyl (C=O) groups is 1. The van der Waals surface area contributed by atoms with Crippen LogP contribution in [0.4, 0.5) is 0 Å². The van der Waals surface area contributed by atoms with Crippen molar-refractivity contribution in [2.75, 3.05) is 39.8 Å². The smallest absolute Gasteiger partial charge is 0.255 e. The highest BCUT2D eigenvalue weighted by molar-refractivity contribution is 5.93. The van der Waals surface area contributed by atoms with Gasteiger partial charge in [-0.25, -0.2) is 0 Å². The number of amides is 1. The van der Waals surface area contributed by atoms with Crippen molar-refractivity contribution in [1.29, 1.82) is 0 Å². The number of benzene rings is 1. The molecule has 0 atom stereocenters. The molecular weight excluding hydrogens is 330 g/mol. The quantitative estimate of drug-likeness (QED) is 0.858. The molecule has 0 aliphatic carbocycles. The summed E-state index contributed by atoms with van der Waals surface area (Å²) in [6, 6.07) is 11.2. The zero-order valence-corrected chi connectivity index (χ0v) is 15.1. The van der Waals surface area contributed by atoms with Gasteiger partial charge in [0.2, 0.25) is 5.56 Å². The largest absolute Gasteiger partial charge is 0.497 e. The summed E-state index contributed by atoms with van der Waals surface area (Å²) in [5.41, 5.74) is 1.63. The normalized spacial score (nSPS) is 15.0. The zero-order valence-electron chi connectivity index (χ0n) is 15.1. The van der Waals surface area contributed by atoms with Gasteiger partial charge in [0.1, 0.15) is 5.75 Å². The van der Waals surface area contributed by atoms with Gasteiger partial charge in [-0.05, 0) is 43.1 Å². The Morgan fingerprint density at radius 1 is 1.15 bits per heavy atom. The van der Waals surface area contributed by atoms with Crippen LogP contribution in [0.2, 0.25) is 0 Å². The zero-order chi connectivity index (χ0) is 18.4. The topological polar surface area (TPSA) is 65.6 Å².